The van der Waals surface area contributed by atoms with Crippen LogP contribution >= 0.6 is 0 Å². The average molecular weight is 282 g/mol. The maximum Gasteiger partial charge on any atom is 0.270 e. The predicted octanol–water partition coefficient (Wildman–Crippen LogP) is 2.91. The molecule has 3 rings (SSSR count). The van der Waals surface area contributed by atoms with Crippen LogP contribution in [0.3, 0.4) is 0 Å². The van der Waals surface area contributed by atoms with E-state index < -0.39 is 4.92 Å². The average Bonchev–Trinajstić information content (AvgIpc) is 2.49. The molecule has 0 radical (unpaired) electrons. The molecule has 0 bridgehead atoms. The van der Waals surface area contributed by atoms with Gasteiger partial charge in [-0.1, -0.05) is 12.1 Å². The Morgan fingerprint density at radius 3 is 2.71 bits per heavy atom. The Balaban J connectivity index is 2.11. The van der Waals surface area contributed by atoms with E-state index in [0.29, 0.717) is 22.3 Å². The van der Waals surface area contributed by atoms with Crippen LogP contribution in [-0.2, 0) is 0 Å². The second-order valence-corrected chi connectivity index (χ2v) is 4.28. The van der Waals surface area contributed by atoms with Crippen LogP contribution < -0.4 is 10.5 Å². The summed E-state index contributed by atoms with van der Waals surface area (Å²) in [5.41, 5.74) is 6.77. The number of nitro benzene ring substituents is 1. The maximum absolute atomic E-state index is 10.9. The van der Waals surface area contributed by atoms with Crippen molar-refractivity contribution in [3.05, 3.63) is 58.9 Å². The standard InChI is InChI=1S/C14H10N4O3/c15-11-3-1-2-4-13(11)21-14-10-7-9(18(19)20)5-6-12(10)16-8-17-14/h1-8H,15H2. The van der Waals surface area contributed by atoms with E-state index >= 15 is 0 Å². The van der Waals surface area contributed by atoms with Gasteiger partial charge in [-0.15, -0.1) is 0 Å². The van der Waals surface area contributed by atoms with Gasteiger partial charge in [-0.2, -0.15) is 0 Å². The number of hydrogen-bond acceptors (Lipinski definition) is 6. The summed E-state index contributed by atoms with van der Waals surface area (Å²) in [5, 5.41) is 11.3. The Kier molecular flexibility index (Phi) is 3.07. The van der Waals surface area contributed by atoms with Crippen LogP contribution in [0, 0.1) is 10.1 Å². The van der Waals surface area contributed by atoms with Gasteiger partial charge in [0, 0.05) is 12.1 Å². The third-order valence-corrected chi connectivity index (χ3v) is 2.92. The van der Waals surface area contributed by atoms with Crippen molar-refractivity contribution in [2.24, 2.45) is 0 Å². The minimum absolute atomic E-state index is 0.0526. The molecular formula is C14H10N4O3. The van der Waals surface area contributed by atoms with Crippen LogP contribution in [0.4, 0.5) is 11.4 Å². The summed E-state index contributed by atoms with van der Waals surface area (Å²) in [6.45, 7) is 0. The first-order chi connectivity index (χ1) is 10.1. The van der Waals surface area contributed by atoms with E-state index in [9.17, 15) is 10.1 Å². The van der Waals surface area contributed by atoms with E-state index in [2.05, 4.69) is 9.97 Å². The molecule has 21 heavy (non-hydrogen) atoms. The number of anilines is 1. The van der Waals surface area contributed by atoms with E-state index in [0.717, 1.165) is 0 Å². The lowest BCUT2D eigenvalue weighted by atomic mass is 10.2. The summed E-state index contributed by atoms with van der Waals surface area (Å²) < 4.78 is 5.66. The smallest absolute Gasteiger partial charge is 0.270 e. The van der Waals surface area contributed by atoms with Crippen molar-refractivity contribution in [2.45, 2.75) is 0 Å². The maximum atomic E-state index is 10.9. The first-order valence-electron chi connectivity index (χ1n) is 6.06. The highest BCUT2D eigenvalue weighted by atomic mass is 16.6. The molecule has 7 nitrogen and oxygen atoms in total. The highest BCUT2D eigenvalue weighted by Gasteiger charge is 2.12. The molecule has 0 aliphatic rings. The summed E-state index contributed by atoms with van der Waals surface area (Å²) in [7, 11) is 0. The predicted molar refractivity (Wildman–Crippen MR) is 77.1 cm³/mol. The summed E-state index contributed by atoms with van der Waals surface area (Å²) in [5.74, 6) is 0.658. The number of nitrogen functional groups attached to an aromatic ring is 1. The van der Waals surface area contributed by atoms with Gasteiger partial charge >= 0.3 is 0 Å². The number of nitrogens with zero attached hydrogens (tertiary/aromatic N) is 3. The summed E-state index contributed by atoms with van der Waals surface area (Å²) in [6.07, 6.45) is 1.34. The number of ether oxygens (including phenoxy) is 1. The third kappa shape index (κ3) is 2.44. The van der Waals surface area contributed by atoms with Gasteiger partial charge in [0.15, 0.2) is 5.75 Å². The van der Waals surface area contributed by atoms with Gasteiger partial charge in [0.2, 0.25) is 5.88 Å². The minimum atomic E-state index is -0.479. The van der Waals surface area contributed by atoms with Gasteiger partial charge < -0.3 is 10.5 Å². The number of nitro groups is 1. The minimum Gasteiger partial charge on any atom is -0.436 e. The quantitative estimate of drug-likeness (QED) is 0.450. The van der Waals surface area contributed by atoms with E-state index in [1.807, 2.05) is 0 Å². The zero-order valence-corrected chi connectivity index (χ0v) is 10.8. The molecule has 7 heteroatoms. The molecule has 0 saturated heterocycles. The molecule has 0 unspecified atom stereocenters. The van der Waals surface area contributed by atoms with Gasteiger partial charge in [0.05, 0.1) is 21.5 Å². The van der Waals surface area contributed by atoms with Crippen LogP contribution in [0.25, 0.3) is 10.9 Å². The fraction of sp³-hybridized carbons (Fsp3) is 0. The molecule has 1 heterocycles. The van der Waals surface area contributed by atoms with Crippen LogP contribution in [0.1, 0.15) is 0 Å². The highest BCUT2D eigenvalue weighted by molar-refractivity contribution is 5.85. The molecule has 0 saturated carbocycles. The van der Waals surface area contributed by atoms with E-state index in [-0.39, 0.29) is 11.6 Å². The van der Waals surface area contributed by atoms with Gasteiger partial charge in [0.25, 0.3) is 5.69 Å². The molecule has 104 valence electrons. The molecular weight excluding hydrogens is 272 g/mol. The molecule has 3 aromatic rings. The van der Waals surface area contributed by atoms with Crippen molar-refractivity contribution in [3.8, 4) is 11.6 Å². The van der Waals surface area contributed by atoms with E-state index in [1.165, 1.54) is 18.5 Å². The number of aromatic nitrogens is 2. The van der Waals surface area contributed by atoms with Crippen LogP contribution in [0.2, 0.25) is 0 Å². The second kappa shape index (κ2) is 5.04. The molecule has 0 atom stereocenters. The Morgan fingerprint density at radius 1 is 1.14 bits per heavy atom. The first-order valence-corrected chi connectivity index (χ1v) is 6.06. The number of non-ortho nitro benzene ring substituents is 1. The largest absolute Gasteiger partial charge is 0.436 e. The highest BCUT2D eigenvalue weighted by Crippen LogP contribution is 2.31. The number of fused-ring (bicyclic) bond motifs is 1. The third-order valence-electron chi connectivity index (χ3n) is 2.92. The lowest BCUT2D eigenvalue weighted by Gasteiger charge is -2.08. The Labute approximate surface area is 119 Å². The number of benzene rings is 2. The summed E-state index contributed by atoms with van der Waals surface area (Å²) in [6, 6.07) is 11.3. The second-order valence-electron chi connectivity index (χ2n) is 4.28. The number of para-hydroxylation sites is 2. The van der Waals surface area contributed by atoms with Crippen LogP contribution in [-0.4, -0.2) is 14.9 Å². The Morgan fingerprint density at radius 2 is 1.95 bits per heavy atom. The van der Waals surface area contributed by atoms with Gasteiger partial charge in [0.1, 0.15) is 6.33 Å². The number of rotatable bonds is 3. The molecule has 0 aliphatic carbocycles. The van der Waals surface area contributed by atoms with Crippen molar-refractivity contribution in [1.29, 1.82) is 0 Å². The SMILES string of the molecule is Nc1ccccc1Oc1ncnc2ccc([N+](=O)[O-])cc12. The van der Waals surface area contributed by atoms with Gasteiger partial charge in [-0.3, -0.25) is 10.1 Å². The Hall–Kier alpha value is -3.22. The fourth-order valence-electron chi connectivity index (χ4n) is 1.89. The molecule has 0 spiro atoms. The van der Waals surface area contributed by atoms with E-state index in [4.69, 9.17) is 10.5 Å². The van der Waals surface area contributed by atoms with E-state index in [1.54, 1.807) is 30.3 Å². The van der Waals surface area contributed by atoms with Crippen molar-refractivity contribution in [2.75, 3.05) is 5.73 Å². The molecule has 2 N–H and O–H groups in total. The van der Waals surface area contributed by atoms with Crippen molar-refractivity contribution >= 4 is 22.3 Å². The molecule has 0 fully saturated rings. The normalized spacial score (nSPS) is 10.5. The van der Waals surface area contributed by atoms with Gasteiger partial charge in [-0.25, -0.2) is 9.97 Å². The van der Waals surface area contributed by atoms with Crippen molar-refractivity contribution < 1.29 is 9.66 Å². The summed E-state index contributed by atoms with van der Waals surface area (Å²) >= 11 is 0. The lowest BCUT2D eigenvalue weighted by Crippen LogP contribution is -1.96. The number of hydrogen-bond donors (Lipinski definition) is 1. The first kappa shape index (κ1) is 12.8. The Bertz CT molecular complexity index is 835. The monoisotopic (exact) mass is 282 g/mol. The van der Waals surface area contributed by atoms with Gasteiger partial charge in [-0.05, 0) is 18.2 Å². The van der Waals surface area contributed by atoms with Crippen LogP contribution in [0.15, 0.2) is 48.8 Å². The van der Waals surface area contributed by atoms with Crippen molar-refractivity contribution in [1.82, 2.24) is 9.97 Å². The lowest BCUT2D eigenvalue weighted by molar-refractivity contribution is -0.384. The topological polar surface area (TPSA) is 104 Å². The zero-order valence-electron chi connectivity index (χ0n) is 10.8. The van der Waals surface area contributed by atoms with Crippen LogP contribution in [0.5, 0.6) is 11.6 Å². The summed E-state index contributed by atoms with van der Waals surface area (Å²) in [4.78, 5) is 18.5. The van der Waals surface area contributed by atoms with Crippen molar-refractivity contribution in [3.63, 3.8) is 0 Å². The molecule has 0 aliphatic heterocycles. The molecule has 1 aromatic heterocycles. The zero-order chi connectivity index (χ0) is 14.8. The molecule has 0 amide bonds. The number of nitrogens with two attached hydrogens (primary N) is 1. The fourth-order valence-corrected chi connectivity index (χ4v) is 1.89. The molecule has 2 aromatic carbocycles.